The SMILES string of the molecule is CCN(C(=O)C(=O)Nc1ccc(-c2nc3ccc(C)cc3s2)cc1)c1cccc(C)c1. The maximum absolute atomic E-state index is 12.7. The van der Waals surface area contributed by atoms with Gasteiger partial charge in [0, 0.05) is 23.5 Å². The van der Waals surface area contributed by atoms with Gasteiger partial charge in [0.1, 0.15) is 5.01 Å². The molecule has 3 aromatic carbocycles. The number of benzene rings is 3. The molecule has 0 aliphatic rings. The molecule has 1 heterocycles. The summed E-state index contributed by atoms with van der Waals surface area (Å²) in [6.45, 7) is 6.28. The van der Waals surface area contributed by atoms with Crippen molar-refractivity contribution >= 4 is 44.7 Å². The predicted molar refractivity (Wildman–Crippen MR) is 128 cm³/mol. The highest BCUT2D eigenvalue weighted by Gasteiger charge is 2.22. The van der Waals surface area contributed by atoms with Crippen molar-refractivity contribution in [2.24, 2.45) is 0 Å². The third-order valence-electron chi connectivity index (χ3n) is 5.00. The van der Waals surface area contributed by atoms with Gasteiger partial charge in [-0.2, -0.15) is 0 Å². The fraction of sp³-hybridized carbons (Fsp3) is 0.160. The number of likely N-dealkylation sites (N-methyl/N-ethyl adjacent to an activating group) is 1. The number of anilines is 2. The maximum Gasteiger partial charge on any atom is 0.316 e. The van der Waals surface area contributed by atoms with Gasteiger partial charge in [-0.25, -0.2) is 4.98 Å². The Morgan fingerprint density at radius 3 is 2.42 bits per heavy atom. The number of carbonyl (C=O) groups excluding carboxylic acids is 2. The smallest absolute Gasteiger partial charge is 0.316 e. The topological polar surface area (TPSA) is 62.3 Å². The van der Waals surface area contributed by atoms with Crippen LogP contribution in [0, 0.1) is 13.8 Å². The van der Waals surface area contributed by atoms with Crippen molar-refractivity contribution in [2.75, 3.05) is 16.8 Å². The summed E-state index contributed by atoms with van der Waals surface area (Å²) in [4.78, 5) is 31.4. The van der Waals surface area contributed by atoms with Gasteiger partial charge >= 0.3 is 11.8 Å². The van der Waals surface area contributed by atoms with E-state index in [9.17, 15) is 9.59 Å². The van der Waals surface area contributed by atoms with Crippen LogP contribution in [0.25, 0.3) is 20.8 Å². The highest BCUT2D eigenvalue weighted by molar-refractivity contribution is 7.21. The Bertz CT molecular complexity index is 1260. The Labute approximate surface area is 185 Å². The number of thiazole rings is 1. The van der Waals surface area contributed by atoms with E-state index in [0.717, 1.165) is 26.4 Å². The molecule has 156 valence electrons. The van der Waals surface area contributed by atoms with Crippen molar-refractivity contribution in [3.05, 3.63) is 77.9 Å². The second-order valence-corrected chi connectivity index (χ2v) is 8.44. The summed E-state index contributed by atoms with van der Waals surface area (Å²) in [6, 6.07) is 21.2. The van der Waals surface area contributed by atoms with Crippen LogP contribution in [-0.2, 0) is 9.59 Å². The number of hydrogen-bond donors (Lipinski definition) is 1. The lowest BCUT2D eigenvalue weighted by Gasteiger charge is -2.20. The molecule has 0 radical (unpaired) electrons. The molecule has 6 heteroatoms. The zero-order chi connectivity index (χ0) is 22.0. The Morgan fingerprint density at radius 2 is 1.71 bits per heavy atom. The summed E-state index contributed by atoms with van der Waals surface area (Å²) in [6.07, 6.45) is 0. The quantitative estimate of drug-likeness (QED) is 0.431. The zero-order valence-electron chi connectivity index (χ0n) is 17.7. The molecule has 2 amide bonds. The molecule has 0 bridgehead atoms. The third kappa shape index (κ3) is 4.49. The lowest BCUT2D eigenvalue weighted by molar-refractivity contribution is -0.134. The lowest BCUT2D eigenvalue weighted by Crippen LogP contribution is -2.39. The standard InChI is InChI=1S/C25H23N3O2S/c1-4-28(20-7-5-6-16(2)14-20)25(30)23(29)26-19-11-9-18(10-12-19)24-27-21-13-8-17(3)15-22(21)31-24/h5-15H,4H2,1-3H3,(H,26,29). The van der Waals surface area contributed by atoms with Gasteiger partial charge in [-0.1, -0.05) is 18.2 Å². The molecule has 0 spiro atoms. The normalized spacial score (nSPS) is 10.8. The van der Waals surface area contributed by atoms with E-state index >= 15 is 0 Å². The number of fused-ring (bicyclic) bond motifs is 1. The van der Waals surface area contributed by atoms with Gasteiger partial charge in [-0.3, -0.25) is 9.59 Å². The molecule has 0 unspecified atom stereocenters. The van der Waals surface area contributed by atoms with Gasteiger partial charge < -0.3 is 10.2 Å². The molecular formula is C25H23N3O2S. The van der Waals surface area contributed by atoms with Crippen molar-refractivity contribution in [3.8, 4) is 10.6 Å². The Morgan fingerprint density at radius 1 is 0.968 bits per heavy atom. The Hall–Kier alpha value is -3.51. The van der Waals surface area contributed by atoms with Gasteiger partial charge in [0.05, 0.1) is 10.2 Å². The van der Waals surface area contributed by atoms with Crippen LogP contribution in [0.4, 0.5) is 11.4 Å². The predicted octanol–water partition coefficient (Wildman–Crippen LogP) is 5.57. The van der Waals surface area contributed by atoms with E-state index in [4.69, 9.17) is 0 Å². The second kappa shape index (κ2) is 8.70. The fourth-order valence-electron chi connectivity index (χ4n) is 3.40. The van der Waals surface area contributed by atoms with Crippen LogP contribution in [-0.4, -0.2) is 23.3 Å². The van der Waals surface area contributed by atoms with E-state index in [2.05, 4.69) is 29.4 Å². The van der Waals surface area contributed by atoms with E-state index in [1.165, 1.54) is 10.5 Å². The first-order chi connectivity index (χ1) is 14.9. The first kappa shape index (κ1) is 20.8. The number of aryl methyl sites for hydroxylation is 2. The molecule has 0 aliphatic heterocycles. The van der Waals surface area contributed by atoms with Gasteiger partial charge in [-0.15, -0.1) is 11.3 Å². The molecule has 0 fully saturated rings. The van der Waals surface area contributed by atoms with Crippen LogP contribution in [0.3, 0.4) is 0 Å². The number of nitrogens with one attached hydrogen (secondary N) is 1. The van der Waals surface area contributed by atoms with Crippen molar-refractivity contribution < 1.29 is 9.59 Å². The summed E-state index contributed by atoms with van der Waals surface area (Å²) in [5, 5.41) is 3.63. The van der Waals surface area contributed by atoms with Crippen LogP contribution in [0.1, 0.15) is 18.1 Å². The molecule has 0 atom stereocenters. The Kier molecular flexibility index (Phi) is 5.82. The highest BCUT2D eigenvalue weighted by atomic mass is 32.1. The summed E-state index contributed by atoms with van der Waals surface area (Å²) in [5.74, 6) is -1.25. The van der Waals surface area contributed by atoms with Crippen molar-refractivity contribution in [1.29, 1.82) is 0 Å². The highest BCUT2D eigenvalue weighted by Crippen LogP contribution is 2.31. The van der Waals surface area contributed by atoms with Gasteiger partial charge in [0.25, 0.3) is 0 Å². The molecular weight excluding hydrogens is 406 g/mol. The van der Waals surface area contributed by atoms with E-state index in [0.29, 0.717) is 17.9 Å². The van der Waals surface area contributed by atoms with Crippen LogP contribution < -0.4 is 10.2 Å². The Balaban J connectivity index is 1.48. The molecule has 5 nitrogen and oxygen atoms in total. The van der Waals surface area contributed by atoms with Crippen LogP contribution in [0.15, 0.2) is 66.7 Å². The van der Waals surface area contributed by atoms with E-state index in [1.807, 2.05) is 56.3 Å². The van der Waals surface area contributed by atoms with Gasteiger partial charge in [0.2, 0.25) is 0 Å². The van der Waals surface area contributed by atoms with Crippen molar-refractivity contribution in [1.82, 2.24) is 4.98 Å². The number of hydrogen-bond acceptors (Lipinski definition) is 4. The average molecular weight is 430 g/mol. The summed E-state index contributed by atoms with van der Waals surface area (Å²) in [7, 11) is 0. The number of rotatable bonds is 4. The van der Waals surface area contributed by atoms with E-state index in [1.54, 1.807) is 23.5 Å². The minimum Gasteiger partial charge on any atom is -0.318 e. The van der Waals surface area contributed by atoms with Gasteiger partial charge in [0.15, 0.2) is 0 Å². The fourth-order valence-corrected chi connectivity index (χ4v) is 4.47. The summed E-state index contributed by atoms with van der Waals surface area (Å²) in [5.41, 5.74) is 5.47. The molecule has 4 aromatic rings. The first-order valence-corrected chi connectivity index (χ1v) is 10.9. The third-order valence-corrected chi connectivity index (χ3v) is 6.07. The number of aromatic nitrogens is 1. The number of carbonyl (C=O) groups is 2. The molecule has 1 aromatic heterocycles. The van der Waals surface area contributed by atoms with Crippen molar-refractivity contribution in [3.63, 3.8) is 0 Å². The summed E-state index contributed by atoms with van der Waals surface area (Å²) < 4.78 is 1.15. The average Bonchev–Trinajstić information content (AvgIpc) is 3.18. The summed E-state index contributed by atoms with van der Waals surface area (Å²) >= 11 is 1.64. The molecule has 1 N–H and O–H groups in total. The molecule has 0 saturated carbocycles. The molecule has 31 heavy (non-hydrogen) atoms. The zero-order valence-corrected chi connectivity index (χ0v) is 18.5. The van der Waals surface area contributed by atoms with E-state index < -0.39 is 11.8 Å². The monoisotopic (exact) mass is 429 g/mol. The van der Waals surface area contributed by atoms with Crippen LogP contribution in [0.5, 0.6) is 0 Å². The number of amides is 2. The van der Waals surface area contributed by atoms with Gasteiger partial charge in [-0.05, 0) is 80.4 Å². The van der Waals surface area contributed by atoms with Crippen molar-refractivity contribution in [2.45, 2.75) is 20.8 Å². The minimum atomic E-state index is -0.661. The van der Waals surface area contributed by atoms with Crippen LogP contribution in [0.2, 0.25) is 0 Å². The van der Waals surface area contributed by atoms with Crippen LogP contribution >= 0.6 is 11.3 Å². The largest absolute Gasteiger partial charge is 0.318 e. The number of nitrogens with zero attached hydrogens (tertiary/aromatic N) is 2. The minimum absolute atomic E-state index is 0.408. The molecule has 4 rings (SSSR count). The molecule has 0 saturated heterocycles. The second-order valence-electron chi connectivity index (χ2n) is 7.41. The molecule has 0 aliphatic carbocycles. The maximum atomic E-state index is 12.7. The van der Waals surface area contributed by atoms with E-state index in [-0.39, 0.29) is 0 Å². The first-order valence-electron chi connectivity index (χ1n) is 10.1. The lowest BCUT2D eigenvalue weighted by atomic mass is 10.2.